The van der Waals surface area contributed by atoms with E-state index in [1.165, 1.54) is 12.8 Å². The van der Waals surface area contributed by atoms with Gasteiger partial charge in [-0.05, 0) is 30.1 Å². The summed E-state index contributed by atoms with van der Waals surface area (Å²) in [5, 5.41) is 0. The Balaban J connectivity index is 2.07. The Labute approximate surface area is 67.2 Å². The quantitative estimate of drug-likeness (QED) is 0.515. The Morgan fingerprint density at radius 3 is 2.45 bits per heavy atom. The second kappa shape index (κ2) is 1.41. The molecule has 3 aliphatic carbocycles. The van der Waals surface area contributed by atoms with Crippen molar-refractivity contribution in [2.75, 3.05) is 0 Å². The molecule has 0 unspecified atom stereocenters. The van der Waals surface area contributed by atoms with Gasteiger partial charge in [-0.3, -0.25) is 4.79 Å². The van der Waals surface area contributed by atoms with Gasteiger partial charge in [-0.25, -0.2) is 0 Å². The van der Waals surface area contributed by atoms with E-state index in [2.05, 4.69) is 13.8 Å². The number of hydrogen-bond donors (Lipinski definition) is 0. The summed E-state index contributed by atoms with van der Waals surface area (Å²) in [6.07, 6.45) is 2.45. The smallest absolute Gasteiger partial charge is 0.139 e. The molecule has 2 bridgehead atoms. The summed E-state index contributed by atoms with van der Waals surface area (Å²) in [6.45, 7) is 4.55. The van der Waals surface area contributed by atoms with Crippen LogP contribution in [0.4, 0.5) is 0 Å². The largest absolute Gasteiger partial charge is 0.299 e. The molecule has 0 spiro atoms. The molecule has 0 saturated heterocycles. The van der Waals surface area contributed by atoms with Crippen LogP contribution < -0.4 is 0 Å². The molecule has 3 aliphatic rings. The van der Waals surface area contributed by atoms with Crippen molar-refractivity contribution in [3.05, 3.63) is 0 Å². The summed E-state index contributed by atoms with van der Waals surface area (Å²) in [7, 11) is 0. The third-order valence-corrected chi connectivity index (χ3v) is 4.51. The van der Waals surface area contributed by atoms with Crippen molar-refractivity contribution in [2.45, 2.75) is 26.7 Å². The Bertz CT molecular complexity index is 241. The van der Waals surface area contributed by atoms with E-state index in [4.69, 9.17) is 0 Å². The molecule has 1 heteroatoms. The average molecular weight is 150 g/mol. The van der Waals surface area contributed by atoms with E-state index in [1.807, 2.05) is 0 Å². The lowest BCUT2D eigenvalue weighted by atomic mass is 9.47. The van der Waals surface area contributed by atoms with Crippen LogP contribution in [0.1, 0.15) is 26.7 Å². The SMILES string of the molecule is CC1(C)[C@@H]2C[C@H]3C[C@@H]2[C@@H]1C3=O. The summed E-state index contributed by atoms with van der Waals surface area (Å²) in [5.41, 5.74) is 0.370. The van der Waals surface area contributed by atoms with Crippen LogP contribution in [0.25, 0.3) is 0 Å². The van der Waals surface area contributed by atoms with Gasteiger partial charge in [-0.2, -0.15) is 0 Å². The van der Waals surface area contributed by atoms with Gasteiger partial charge in [0.25, 0.3) is 0 Å². The fourth-order valence-electron chi connectivity index (χ4n) is 4.02. The minimum Gasteiger partial charge on any atom is -0.299 e. The third-order valence-electron chi connectivity index (χ3n) is 4.51. The van der Waals surface area contributed by atoms with Crippen LogP contribution >= 0.6 is 0 Å². The standard InChI is InChI=1S/C10H14O/c1-10(2)7-4-5-3-6(7)8(10)9(5)11/h5-8H,3-4H2,1-2H3/t5-,6+,7-,8-/m1/s1. The molecule has 0 radical (unpaired) electrons. The van der Waals surface area contributed by atoms with Crippen LogP contribution in [0.3, 0.4) is 0 Å². The van der Waals surface area contributed by atoms with Gasteiger partial charge in [0, 0.05) is 11.8 Å². The Morgan fingerprint density at radius 1 is 1.36 bits per heavy atom. The predicted octanol–water partition coefficient (Wildman–Crippen LogP) is 1.87. The molecule has 3 rings (SSSR count). The minimum atomic E-state index is 0.370. The summed E-state index contributed by atoms with van der Waals surface area (Å²) in [4.78, 5) is 11.6. The van der Waals surface area contributed by atoms with Crippen LogP contribution in [0.2, 0.25) is 0 Å². The maximum atomic E-state index is 11.6. The van der Waals surface area contributed by atoms with Crippen molar-refractivity contribution in [2.24, 2.45) is 29.1 Å². The van der Waals surface area contributed by atoms with Crippen molar-refractivity contribution in [3.63, 3.8) is 0 Å². The lowest BCUT2D eigenvalue weighted by molar-refractivity contribution is -0.152. The van der Waals surface area contributed by atoms with Crippen molar-refractivity contribution in [3.8, 4) is 0 Å². The van der Waals surface area contributed by atoms with E-state index in [-0.39, 0.29) is 0 Å². The van der Waals surface area contributed by atoms with Crippen molar-refractivity contribution >= 4 is 5.78 Å². The van der Waals surface area contributed by atoms with Crippen LogP contribution in [0.15, 0.2) is 0 Å². The van der Waals surface area contributed by atoms with Gasteiger partial charge >= 0.3 is 0 Å². The highest BCUT2D eigenvalue weighted by Crippen LogP contribution is 2.70. The van der Waals surface area contributed by atoms with Gasteiger partial charge in [0.15, 0.2) is 0 Å². The van der Waals surface area contributed by atoms with Gasteiger partial charge in [0.05, 0.1) is 0 Å². The molecule has 3 saturated carbocycles. The first-order valence-electron chi connectivity index (χ1n) is 4.66. The molecular weight excluding hydrogens is 136 g/mol. The molecule has 0 amide bonds. The predicted molar refractivity (Wildman–Crippen MR) is 42.0 cm³/mol. The number of fused-ring (bicyclic) bond motifs is 1. The average Bonchev–Trinajstić information content (AvgIpc) is 2.39. The normalized spacial score (nSPS) is 56.4. The number of hydrogen-bond acceptors (Lipinski definition) is 1. The zero-order valence-corrected chi connectivity index (χ0v) is 7.13. The fraction of sp³-hybridized carbons (Fsp3) is 0.900. The first kappa shape index (κ1) is 6.22. The van der Waals surface area contributed by atoms with E-state index in [0.29, 0.717) is 23.0 Å². The van der Waals surface area contributed by atoms with Crippen molar-refractivity contribution in [1.29, 1.82) is 0 Å². The summed E-state index contributed by atoms with van der Waals surface area (Å²) in [5.74, 6) is 3.26. The maximum absolute atomic E-state index is 11.6. The Hall–Kier alpha value is -0.330. The summed E-state index contributed by atoms with van der Waals surface area (Å²) >= 11 is 0. The van der Waals surface area contributed by atoms with Gasteiger partial charge in [-0.15, -0.1) is 0 Å². The van der Waals surface area contributed by atoms with Crippen molar-refractivity contribution in [1.82, 2.24) is 0 Å². The highest BCUT2D eigenvalue weighted by Gasteiger charge is 2.69. The van der Waals surface area contributed by atoms with Gasteiger partial charge in [0.1, 0.15) is 5.78 Å². The minimum absolute atomic E-state index is 0.370. The molecule has 0 N–H and O–H groups in total. The topological polar surface area (TPSA) is 17.1 Å². The van der Waals surface area contributed by atoms with Crippen LogP contribution in [0.5, 0.6) is 0 Å². The van der Waals surface area contributed by atoms with E-state index in [0.717, 1.165) is 11.8 Å². The number of rotatable bonds is 0. The van der Waals surface area contributed by atoms with E-state index >= 15 is 0 Å². The van der Waals surface area contributed by atoms with Gasteiger partial charge in [0.2, 0.25) is 0 Å². The zero-order chi connectivity index (χ0) is 7.80. The fourth-order valence-corrected chi connectivity index (χ4v) is 4.02. The molecular formula is C10H14O. The number of carbonyl (C=O) groups excluding carboxylic acids is 1. The molecule has 0 aliphatic heterocycles. The zero-order valence-electron chi connectivity index (χ0n) is 7.13. The Morgan fingerprint density at radius 2 is 2.09 bits per heavy atom. The first-order valence-corrected chi connectivity index (χ1v) is 4.66. The summed E-state index contributed by atoms with van der Waals surface area (Å²) < 4.78 is 0. The molecule has 11 heavy (non-hydrogen) atoms. The molecule has 0 aromatic carbocycles. The molecule has 3 fully saturated rings. The maximum Gasteiger partial charge on any atom is 0.139 e. The Kier molecular flexibility index (Phi) is 0.799. The van der Waals surface area contributed by atoms with Crippen LogP contribution in [-0.4, -0.2) is 5.78 Å². The monoisotopic (exact) mass is 150 g/mol. The van der Waals surface area contributed by atoms with Crippen molar-refractivity contribution < 1.29 is 4.79 Å². The van der Waals surface area contributed by atoms with Gasteiger partial charge in [-0.1, -0.05) is 13.8 Å². The molecule has 0 heterocycles. The lowest BCUT2D eigenvalue weighted by Gasteiger charge is -2.56. The van der Waals surface area contributed by atoms with E-state index in [1.54, 1.807) is 0 Å². The highest BCUT2D eigenvalue weighted by atomic mass is 16.1. The molecule has 4 atom stereocenters. The molecule has 1 nitrogen and oxygen atoms in total. The van der Waals surface area contributed by atoms with Gasteiger partial charge < -0.3 is 0 Å². The molecule has 0 aromatic rings. The first-order chi connectivity index (χ1) is 5.12. The van der Waals surface area contributed by atoms with E-state index in [9.17, 15) is 4.79 Å². The van der Waals surface area contributed by atoms with Crippen LogP contribution in [0, 0.1) is 29.1 Å². The van der Waals surface area contributed by atoms with E-state index < -0.39 is 0 Å². The second-order valence-corrected chi connectivity index (χ2v) is 5.14. The number of Topliss-reactive ketones (excluding diaryl/α,β-unsaturated/α-hetero) is 1. The molecule has 60 valence electrons. The molecule has 0 aromatic heterocycles. The third kappa shape index (κ3) is 0.447. The number of ketones is 1. The van der Waals surface area contributed by atoms with Crippen LogP contribution in [-0.2, 0) is 4.79 Å². The summed E-state index contributed by atoms with van der Waals surface area (Å²) in [6, 6.07) is 0. The lowest BCUT2D eigenvalue weighted by Crippen LogP contribution is -2.55. The second-order valence-electron chi connectivity index (χ2n) is 5.14. The highest BCUT2D eigenvalue weighted by molar-refractivity contribution is 5.89. The number of carbonyl (C=O) groups is 1.